The summed E-state index contributed by atoms with van der Waals surface area (Å²) >= 11 is 0. The highest BCUT2D eigenvalue weighted by atomic mass is 15.2. The van der Waals surface area contributed by atoms with Gasteiger partial charge in [0.25, 0.3) is 0 Å². The summed E-state index contributed by atoms with van der Waals surface area (Å²) < 4.78 is 1.90. The number of guanidine groups is 1. The van der Waals surface area contributed by atoms with Gasteiger partial charge in [0.1, 0.15) is 12.1 Å². The molecular formula is C19H30N6. The first-order valence-corrected chi connectivity index (χ1v) is 8.99. The zero-order valence-corrected chi connectivity index (χ0v) is 15.7. The van der Waals surface area contributed by atoms with E-state index in [1.165, 1.54) is 12.8 Å². The molecule has 0 amide bonds. The number of hydrogen-bond donors (Lipinski definition) is 2. The van der Waals surface area contributed by atoms with Gasteiger partial charge < -0.3 is 10.6 Å². The second-order valence-corrected chi connectivity index (χ2v) is 6.79. The molecule has 0 aromatic carbocycles. The summed E-state index contributed by atoms with van der Waals surface area (Å²) in [6.45, 7) is 7.44. The highest BCUT2D eigenvalue weighted by Crippen LogP contribution is 2.09. The van der Waals surface area contributed by atoms with Crippen molar-refractivity contribution in [3.63, 3.8) is 0 Å². The van der Waals surface area contributed by atoms with E-state index in [2.05, 4.69) is 46.4 Å². The van der Waals surface area contributed by atoms with Crippen LogP contribution < -0.4 is 10.6 Å². The molecule has 0 aliphatic heterocycles. The topological polar surface area (TPSA) is 67.1 Å². The van der Waals surface area contributed by atoms with E-state index in [0.717, 1.165) is 29.7 Å². The van der Waals surface area contributed by atoms with E-state index in [1.807, 2.05) is 29.1 Å². The molecule has 0 aliphatic carbocycles. The number of nitrogens with zero attached hydrogens (tertiary/aromatic N) is 4. The Kier molecular flexibility index (Phi) is 7.44. The van der Waals surface area contributed by atoms with Crippen molar-refractivity contribution < 1.29 is 0 Å². The Balaban J connectivity index is 1.83. The molecular weight excluding hydrogens is 312 g/mol. The third kappa shape index (κ3) is 6.57. The van der Waals surface area contributed by atoms with Crippen LogP contribution in [0.25, 0.3) is 5.82 Å². The lowest BCUT2D eigenvalue weighted by atomic mass is 10.0. The highest BCUT2D eigenvalue weighted by Gasteiger charge is 2.06. The molecule has 0 bridgehead atoms. The van der Waals surface area contributed by atoms with E-state index >= 15 is 0 Å². The normalized spacial score (nSPS) is 13.1. The Morgan fingerprint density at radius 2 is 2.08 bits per heavy atom. The van der Waals surface area contributed by atoms with E-state index < -0.39 is 0 Å². The molecule has 6 heteroatoms. The van der Waals surface area contributed by atoms with Crippen LogP contribution in [0, 0.1) is 5.92 Å². The van der Waals surface area contributed by atoms with Gasteiger partial charge in [0.15, 0.2) is 5.96 Å². The van der Waals surface area contributed by atoms with Crippen LogP contribution in [-0.2, 0) is 6.54 Å². The highest BCUT2D eigenvalue weighted by molar-refractivity contribution is 5.79. The molecule has 1 unspecified atom stereocenters. The number of hydrogen-bond acceptors (Lipinski definition) is 3. The van der Waals surface area contributed by atoms with Crippen molar-refractivity contribution in [1.29, 1.82) is 0 Å². The predicted molar refractivity (Wildman–Crippen MR) is 103 cm³/mol. The van der Waals surface area contributed by atoms with Crippen LogP contribution in [0.15, 0.2) is 42.0 Å². The van der Waals surface area contributed by atoms with Crippen molar-refractivity contribution in [1.82, 2.24) is 25.2 Å². The smallest absolute Gasteiger partial charge is 0.191 e. The molecule has 0 fully saturated rings. The molecule has 0 aliphatic rings. The van der Waals surface area contributed by atoms with Crippen LogP contribution in [0.4, 0.5) is 0 Å². The van der Waals surface area contributed by atoms with Gasteiger partial charge in [-0.05, 0) is 37.0 Å². The largest absolute Gasteiger partial charge is 0.354 e. The van der Waals surface area contributed by atoms with Crippen molar-refractivity contribution in [2.45, 2.75) is 52.6 Å². The Morgan fingerprint density at radius 3 is 2.76 bits per heavy atom. The zero-order chi connectivity index (χ0) is 18.1. The zero-order valence-electron chi connectivity index (χ0n) is 15.7. The van der Waals surface area contributed by atoms with Crippen LogP contribution in [0.5, 0.6) is 0 Å². The molecule has 0 saturated carbocycles. The van der Waals surface area contributed by atoms with Gasteiger partial charge in [0.05, 0.1) is 0 Å². The maximum absolute atomic E-state index is 4.37. The molecule has 0 spiro atoms. The van der Waals surface area contributed by atoms with E-state index in [9.17, 15) is 0 Å². The maximum atomic E-state index is 4.37. The van der Waals surface area contributed by atoms with E-state index in [0.29, 0.717) is 12.6 Å². The van der Waals surface area contributed by atoms with Gasteiger partial charge in [-0.3, -0.25) is 9.56 Å². The number of aliphatic imine (C=N–C) groups is 1. The molecule has 136 valence electrons. The van der Waals surface area contributed by atoms with Gasteiger partial charge in [-0.1, -0.05) is 26.7 Å². The third-order valence-corrected chi connectivity index (χ3v) is 4.06. The van der Waals surface area contributed by atoms with Gasteiger partial charge in [-0.25, -0.2) is 9.97 Å². The van der Waals surface area contributed by atoms with Crippen LogP contribution in [-0.4, -0.2) is 33.6 Å². The lowest BCUT2D eigenvalue weighted by Crippen LogP contribution is -2.41. The Morgan fingerprint density at radius 1 is 1.24 bits per heavy atom. The fourth-order valence-electron chi connectivity index (χ4n) is 2.62. The lowest BCUT2D eigenvalue weighted by molar-refractivity contribution is 0.491. The fourth-order valence-corrected chi connectivity index (χ4v) is 2.62. The molecule has 2 aromatic rings. The standard InChI is InChI=1S/C19H30N6/c1-15(2)6-5-7-16(3)24-19(20-4)23-13-17-8-9-22-18(12-17)25-11-10-21-14-25/h8-12,14-16H,5-7,13H2,1-4H3,(H2,20,23,24). The first-order chi connectivity index (χ1) is 12.1. The lowest BCUT2D eigenvalue weighted by Gasteiger charge is -2.18. The minimum atomic E-state index is 0.406. The molecule has 2 N–H and O–H groups in total. The summed E-state index contributed by atoms with van der Waals surface area (Å²) in [7, 11) is 1.81. The summed E-state index contributed by atoms with van der Waals surface area (Å²) in [5, 5.41) is 6.84. The Labute approximate surface area is 150 Å². The first kappa shape index (κ1) is 19.0. The van der Waals surface area contributed by atoms with Gasteiger partial charge >= 0.3 is 0 Å². The van der Waals surface area contributed by atoms with Gasteiger partial charge in [0, 0.05) is 38.2 Å². The minimum Gasteiger partial charge on any atom is -0.354 e. The van der Waals surface area contributed by atoms with Crippen LogP contribution >= 0.6 is 0 Å². The Hall–Kier alpha value is -2.37. The average molecular weight is 342 g/mol. The second kappa shape index (κ2) is 9.81. The van der Waals surface area contributed by atoms with Crippen molar-refractivity contribution in [3.05, 3.63) is 42.6 Å². The maximum Gasteiger partial charge on any atom is 0.191 e. The van der Waals surface area contributed by atoms with Crippen molar-refractivity contribution in [2.24, 2.45) is 10.9 Å². The van der Waals surface area contributed by atoms with Crippen molar-refractivity contribution in [2.75, 3.05) is 7.05 Å². The number of pyridine rings is 1. The van der Waals surface area contributed by atoms with Crippen molar-refractivity contribution in [3.8, 4) is 5.82 Å². The number of rotatable bonds is 8. The minimum absolute atomic E-state index is 0.406. The first-order valence-electron chi connectivity index (χ1n) is 8.99. The predicted octanol–water partition coefficient (Wildman–Crippen LogP) is 3.15. The van der Waals surface area contributed by atoms with Gasteiger partial charge in [0.2, 0.25) is 0 Å². The quantitative estimate of drug-likeness (QED) is 0.571. The number of aromatic nitrogens is 3. The Bertz CT molecular complexity index is 648. The van der Waals surface area contributed by atoms with E-state index in [4.69, 9.17) is 0 Å². The third-order valence-electron chi connectivity index (χ3n) is 4.06. The summed E-state index contributed by atoms with van der Waals surface area (Å²) in [6, 6.07) is 4.46. The molecule has 2 heterocycles. The molecule has 0 radical (unpaired) electrons. The van der Waals surface area contributed by atoms with Crippen LogP contribution in [0.2, 0.25) is 0 Å². The van der Waals surface area contributed by atoms with E-state index in [-0.39, 0.29) is 0 Å². The van der Waals surface area contributed by atoms with Gasteiger partial charge in [-0.2, -0.15) is 0 Å². The number of imidazole rings is 1. The summed E-state index contributed by atoms with van der Waals surface area (Å²) in [6.07, 6.45) is 10.9. The fraction of sp³-hybridized carbons (Fsp3) is 0.526. The molecule has 2 rings (SSSR count). The van der Waals surface area contributed by atoms with Crippen LogP contribution in [0.3, 0.4) is 0 Å². The SMILES string of the molecule is CN=C(NCc1ccnc(-n2ccnc2)c1)NC(C)CCCC(C)C. The molecule has 0 saturated heterocycles. The molecule has 2 aromatic heterocycles. The number of nitrogens with one attached hydrogen (secondary N) is 2. The monoisotopic (exact) mass is 342 g/mol. The van der Waals surface area contributed by atoms with Crippen molar-refractivity contribution >= 4 is 5.96 Å². The summed E-state index contributed by atoms with van der Waals surface area (Å²) in [4.78, 5) is 12.8. The van der Waals surface area contributed by atoms with Gasteiger partial charge in [-0.15, -0.1) is 0 Å². The summed E-state index contributed by atoms with van der Waals surface area (Å²) in [5.41, 5.74) is 1.15. The molecule has 25 heavy (non-hydrogen) atoms. The van der Waals surface area contributed by atoms with E-state index in [1.54, 1.807) is 19.6 Å². The molecule has 1 atom stereocenters. The molecule has 6 nitrogen and oxygen atoms in total. The average Bonchev–Trinajstić information content (AvgIpc) is 3.13. The second-order valence-electron chi connectivity index (χ2n) is 6.79. The summed E-state index contributed by atoms with van der Waals surface area (Å²) in [5.74, 6) is 2.46. The van der Waals surface area contributed by atoms with Crippen LogP contribution in [0.1, 0.15) is 45.6 Å².